The minimum absolute atomic E-state index is 1.05. The Kier molecular flexibility index (Phi) is 30.1. The summed E-state index contributed by atoms with van der Waals surface area (Å²) in [5.41, 5.74) is 2.22. The fraction of sp³-hybridized carbons (Fsp3) is 0.462. The normalized spacial score (nSPS) is 13.0. The van der Waals surface area contributed by atoms with Crippen molar-refractivity contribution in [1.29, 1.82) is 0 Å². The second kappa shape index (κ2) is 27.3. The molecule has 0 radical (unpaired) electrons. The smallest absolute Gasteiger partial charge is 0.000665 e. The van der Waals surface area contributed by atoms with Crippen molar-refractivity contribution in [3.05, 3.63) is 85.6 Å². The molecule has 160 valence electrons. The summed E-state index contributed by atoms with van der Waals surface area (Å²) in [6, 6.07) is 0. The molecule has 0 aromatic carbocycles. The number of nitrogens with zero attached hydrogens (tertiary/aromatic N) is 1. The molecule has 0 unspecified atom stereocenters. The SMILES string of the molecule is C=CC(/C=C\C)=C/C.C=CC(C=C)=C/C=C\C.CCN1CCC1.CCNCC. The van der Waals surface area contributed by atoms with Crippen molar-refractivity contribution < 1.29 is 0 Å². The zero-order valence-electron chi connectivity index (χ0n) is 19.5. The van der Waals surface area contributed by atoms with E-state index < -0.39 is 0 Å². The summed E-state index contributed by atoms with van der Waals surface area (Å²) in [5.74, 6) is 0. The minimum atomic E-state index is 1.05. The van der Waals surface area contributed by atoms with Crippen LogP contribution in [0, 0.1) is 0 Å². The first-order valence-electron chi connectivity index (χ1n) is 10.5. The summed E-state index contributed by atoms with van der Waals surface area (Å²) in [5, 5.41) is 3.11. The van der Waals surface area contributed by atoms with Crippen LogP contribution in [0.2, 0.25) is 0 Å². The minimum Gasteiger partial charge on any atom is -0.317 e. The topological polar surface area (TPSA) is 15.3 Å². The Morgan fingerprint density at radius 2 is 1.39 bits per heavy atom. The summed E-state index contributed by atoms with van der Waals surface area (Å²) in [7, 11) is 0. The van der Waals surface area contributed by atoms with Gasteiger partial charge in [-0.05, 0) is 71.1 Å². The predicted octanol–water partition coefficient (Wildman–Crippen LogP) is 6.88. The average Bonchev–Trinajstić information content (AvgIpc) is 2.68. The fourth-order valence-corrected chi connectivity index (χ4v) is 1.85. The average molecular weight is 387 g/mol. The molecule has 0 aromatic heterocycles. The molecule has 2 heteroatoms. The highest BCUT2D eigenvalue weighted by atomic mass is 15.2. The van der Waals surface area contributed by atoms with Gasteiger partial charge < -0.3 is 10.2 Å². The van der Waals surface area contributed by atoms with Gasteiger partial charge in [0, 0.05) is 0 Å². The van der Waals surface area contributed by atoms with E-state index in [1.54, 1.807) is 12.2 Å². The lowest BCUT2D eigenvalue weighted by Crippen LogP contribution is -2.36. The molecule has 0 aliphatic carbocycles. The van der Waals surface area contributed by atoms with E-state index in [1.165, 1.54) is 31.6 Å². The molecule has 1 fully saturated rings. The van der Waals surface area contributed by atoms with Crippen LogP contribution in [0.25, 0.3) is 0 Å². The lowest BCUT2D eigenvalue weighted by Gasteiger charge is -2.28. The molecule has 1 heterocycles. The largest absolute Gasteiger partial charge is 0.317 e. The fourth-order valence-electron chi connectivity index (χ4n) is 1.85. The summed E-state index contributed by atoms with van der Waals surface area (Å²) in [4.78, 5) is 2.43. The number of hydrogen-bond donors (Lipinski definition) is 1. The summed E-state index contributed by atoms with van der Waals surface area (Å²) < 4.78 is 0. The number of rotatable bonds is 8. The highest BCUT2D eigenvalue weighted by Crippen LogP contribution is 2.02. The Morgan fingerprint density at radius 3 is 1.54 bits per heavy atom. The summed E-state index contributed by atoms with van der Waals surface area (Å²) in [6.45, 7) is 29.4. The van der Waals surface area contributed by atoms with E-state index in [2.05, 4.69) is 50.7 Å². The second-order valence-electron chi connectivity index (χ2n) is 5.84. The summed E-state index contributed by atoms with van der Waals surface area (Å²) in [6.07, 6.45) is 18.7. The third-order valence-electron chi connectivity index (χ3n) is 3.78. The van der Waals surface area contributed by atoms with Crippen LogP contribution in [0.4, 0.5) is 0 Å². The molecule has 1 aliphatic rings. The number of nitrogens with one attached hydrogen (secondary N) is 1. The van der Waals surface area contributed by atoms with E-state index in [4.69, 9.17) is 0 Å². The van der Waals surface area contributed by atoms with Crippen molar-refractivity contribution in [2.75, 3.05) is 32.7 Å². The Balaban J connectivity index is -0.000000304. The molecule has 1 N–H and O–H groups in total. The van der Waals surface area contributed by atoms with Gasteiger partial charge in [0.1, 0.15) is 0 Å². The Hall–Kier alpha value is -1.90. The van der Waals surface area contributed by atoms with Crippen molar-refractivity contribution in [2.24, 2.45) is 0 Å². The van der Waals surface area contributed by atoms with Gasteiger partial charge in [0.05, 0.1) is 0 Å². The molecule has 1 saturated heterocycles. The first-order chi connectivity index (χ1) is 13.5. The third-order valence-corrected chi connectivity index (χ3v) is 3.78. The number of allylic oxidation sites excluding steroid dienone is 11. The Labute approximate surface area is 176 Å². The quantitative estimate of drug-likeness (QED) is 0.457. The van der Waals surface area contributed by atoms with E-state index in [0.29, 0.717) is 0 Å². The van der Waals surface area contributed by atoms with Gasteiger partial charge in [-0.1, -0.05) is 95.2 Å². The van der Waals surface area contributed by atoms with Crippen LogP contribution in [0.1, 0.15) is 48.0 Å². The van der Waals surface area contributed by atoms with Gasteiger partial charge in [-0.25, -0.2) is 0 Å². The lowest BCUT2D eigenvalue weighted by molar-refractivity contribution is 0.192. The van der Waals surface area contributed by atoms with Crippen LogP contribution in [0.3, 0.4) is 0 Å². The van der Waals surface area contributed by atoms with Gasteiger partial charge >= 0.3 is 0 Å². The van der Waals surface area contributed by atoms with E-state index in [-0.39, 0.29) is 0 Å². The molecule has 28 heavy (non-hydrogen) atoms. The van der Waals surface area contributed by atoms with Crippen LogP contribution in [0.5, 0.6) is 0 Å². The molecule has 2 nitrogen and oxygen atoms in total. The molecule has 0 atom stereocenters. The second-order valence-corrected chi connectivity index (χ2v) is 5.84. The van der Waals surface area contributed by atoms with Gasteiger partial charge in [-0.15, -0.1) is 0 Å². The van der Waals surface area contributed by atoms with Gasteiger partial charge in [0.2, 0.25) is 0 Å². The van der Waals surface area contributed by atoms with Crippen molar-refractivity contribution in [1.82, 2.24) is 10.2 Å². The monoisotopic (exact) mass is 386 g/mol. The molecule has 1 aliphatic heterocycles. The van der Waals surface area contributed by atoms with Crippen molar-refractivity contribution in [2.45, 2.75) is 48.0 Å². The van der Waals surface area contributed by atoms with Crippen LogP contribution >= 0.6 is 0 Å². The molecule has 1 rings (SSSR count). The summed E-state index contributed by atoms with van der Waals surface area (Å²) >= 11 is 0. The van der Waals surface area contributed by atoms with Crippen LogP contribution < -0.4 is 5.32 Å². The van der Waals surface area contributed by atoms with Crippen LogP contribution in [0.15, 0.2) is 85.6 Å². The molecular weight excluding hydrogens is 340 g/mol. The lowest BCUT2D eigenvalue weighted by atomic mass is 10.2. The highest BCUT2D eigenvalue weighted by Gasteiger charge is 2.08. The van der Waals surface area contributed by atoms with E-state index in [0.717, 1.165) is 18.7 Å². The van der Waals surface area contributed by atoms with Gasteiger partial charge in [-0.2, -0.15) is 0 Å². The maximum atomic E-state index is 3.63. The number of hydrogen-bond acceptors (Lipinski definition) is 2. The van der Waals surface area contributed by atoms with Gasteiger partial charge in [-0.3, -0.25) is 0 Å². The Bertz CT molecular complexity index is 460. The van der Waals surface area contributed by atoms with Crippen LogP contribution in [-0.4, -0.2) is 37.6 Å². The molecular formula is C26H46N2. The molecule has 0 aromatic rings. The molecule has 0 spiro atoms. The zero-order valence-corrected chi connectivity index (χ0v) is 19.5. The van der Waals surface area contributed by atoms with Gasteiger partial charge in [0.25, 0.3) is 0 Å². The zero-order chi connectivity index (χ0) is 22.0. The standard InChI is InChI=1S/C9H12.C8H12.C5H11N.C4H11N/c1-4-7-8-9(5-2)6-3;1-4-7-8(5-2)6-3;1-2-6-4-3-5-6;1-3-5-4-2/h4-8H,2-3H2,1H3;4-7H,2H2,1,3H3;2-5H2,1H3;5H,3-4H2,1-2H3/b7-4-;7-4-,8-6-;;. The van der Waals surface area contributed by atoms with Crippen molar-refractivity contribution in [3.8, 4) is 0 Å². The number of likely N-dealkylation sites (tertiary alicyclic amines) is 1. The van der Waals surface area contributed by atoms with E-state index >= 15 is 0 Å². The van der Waals surface area contributed by atoms with E-state index in [1.807, 2.05) is 63.3 Å². The van der Waals surface area contributed by atoms with Crippen molar-refractivity contribution in [3.63, 3.8) is 0 Å². The van der Waals surface area contributed by atoms with Crippen molar-refractivity contribution >= 4 is 0 Å². The Morgan fingerprint density at radius 1 is 0.857 bits per heavy atom. The maximum absolute atomic E-state index is 3.63. The third kappa shape index (κ3) is 24.1. The predicted molar refractivity (Wildman–Crippen MR) is 133 cm³/mol. The first-order valence-corrected chi connectivity index (χ1v) is 10.5. The molecule has 0 bridgehead atoms. The van der Waals surface area contributed by atoms with Crippen LogP contribution in [-0.2, 0) is 0 Å². The maximum Gasteiger partial charge on any atom is -0.000665 e. The highest BCUT2D eigenvalue weighted by molar-refractivity contribution is 5.30. The van der Waals surface area contributed by atoms with Gasteiger partial charge in [0.15, 0.2) is 0 Å². The molecule has 0 saturated carbocycles. The molecule has 0 amide bonds. The first kappa shape index (κ1) is 30.8. The van der Waals surface area contributed by atoms with E-state index in [9.17, 15) is 0 Å².